The van der Waals surface area contributed by atoms with Crippen molar-refractivity contribution in [2.45, 2.75) is 13.8 Å². The summed E-state index contributed by atoms with van der Waals surface area (Å²) in [5.41, 5.74) is 2.67. The standard InChI is InChI=1S/C9H10O.C7H4F2O/c1-7-4-3-5-8(2)9(7)6-10;8-6-1-2-7(9)5(3-6)4-10/h3-6H,1-2H3;1-4H. The number of hydrogen-bond donors (Lipinski definition) is 0. The van der Waals surface area contributed by atoms with E-state index in [1.807, 2.05) is 32.0 Å². The third-order valence-electron chi connectivity index (χ3n) is 2.74. The molecule has 104 valence electrons. The van der Waals surface area contributed by atoms with Gasteiger partial charge in [0.05, 0.1) is 5.56 Å². The molecule has 0 radical (unpaired) electrons. The predicted molar refractivity (Wildman–Crippen MR) is 73.0 cm³/mol. The van der Waals surface area contributed by atoms with Gasteiger partial charge in [-0.15, -0.1) is 0 Å². The first-order valence-corrected chi connectivity index (χ1v) is 5.91. The molecular formula is C16H14F2O2. The van der Waals surface area contributed by atoms with Gasteiger partial charge in [-0.3, -0.25) is 9.59 Å². The van der Waals surface area contributed by atoms with Crippen LogP contribution in [0.2, 0.25) is 0 Å². The highest BCUT2D eigenvalue weighted by molar-refractivity contribution is 5.79. The molecule has 2 aromatic rings. The lowest BCUT2D eigenvalue weighted by atomic mass is 10.1. The molecule has 0 saturated heterocycles. The summed E-state index contributed by atoms with van der Waals surface area (Å²) in [4.78, 5) is 20.4. The number of halogens is 2. The van der Waals surface area contributed by atoms with Crippen LogP contribution >= 0.6 is 0 Å². The lowest BCUT2D eigenvalue weighted by molar-refractivity contribution is 0.111. The Morgan fingerprint density at radius 3 is 1.90 bits per heavy atom. The summed E-state index contributed by atoms with van der Waals surface area (Å²) in [6.45, 7) is 3.88. The molecule has 0 aliphatic carbocycles. The van der Waals surface area contributed by atoms with Gasteiger partial charge in [0.2, 0.25) is 0 Å². The second kappa shape index (κ2) is 7.28. The van der Waals surface area contributed by atoms with Crippen LogP contribution in [0.5, 0.6) is 0 Å². The third-order valence-corrected chi connectivity index (χ3v) is 2.74. The van der Waals surface area contributed by atoms with Gasteiger partial charge in [-0.25, -0.2) is 8.78 Å². The van der Waals surface area contributed by atoms with Crippen molar-refractivity contribution in [3.8, 4) is 0 Å². The second-order valence-corrected chi connectivity index (χ2v) is 4.21. The topological polar surface area (TPSA) is 34.1 Å². The Hall–Kier alpha value is -2.36. The maximum absolute atomic E-state index is 12.4. The molecule has 2 aromatic carbocycles. The van der Waals surface area contributed by atoms with Gasteiger partial charge in [0.15, 0.2) is 12.6 Å². The Labute approximate surface area is 116 Å². The number of hydrogen-bond acceptors (Lipinski definition) is 2. The van der Waals surface area contributed by atoms with Gasteiger partial charge in [-0.1, -0.05) is 18.2 Å². The molecular weight excluding hydrogens is 262 g/mol. The highest BCUT2D eigenvalue weighted by Gasteiger charge is 2.00. The number of aryl methyl sites for hydroxylation is 2. The van der Waals surface area contributed by atoms with Crippen molar-refractivity contribution in [3.63, 3.8) is 0 Å². The van der Waals surface area contributed by atoms with E-state index in [1.54, 1.807) is 0 Å². The van der Waals surface area contributed by atoms with Crippen LogP contribution < -0.4 is 0 Å². The third kappa shape index (κ3) is 4.09. The van der Waals surface area contributed by atoms with Gasteiger partial charge >= 0.3 is 0 Å². The first-order valence-electron chi connectivity index (χ1n) is 5.91. The minimum atomic E-state index is -0.698. The molecule has 20 heavy (non-hydrogen) atoms. The molecule has 0 spiro atoms. The van der Waals surface area contributed by atoms with Crippen LogP contribution in [0.3, 0.4) is 0 Å². The number of carbonyl (C=O) groups is 2. The molecule has 0 aliphatic heterocycles. The number of carbonyl (C=O) groups excluding carboxylic acids is 2. The van der Waals surface area contributed by atoms with Crippen LogP contribution in [0.4, 0.5) is 8.78 Å². The summed E-state index contributed by atoms with van der Waals surface area (Å²) in [6.07, 6.45) is 1.18. The van der Waals surface area contributed by atoms with E-state index in [1.165, 1.54) is 0 Å². The first kappa shape index (κ1) is 15.7. The van der Waals surface area contributed by atoms with Crippen molar-refractivity contribution in [2.24, 2.45) is 0 Å². The maximum atomic E-state index is 12.4. The van der Waals surface area contributed by atoms with Crippen LogP contribution in [0.15, 0.2) is 36.4 Å². The molecule has 2 rings (SSSR count). The lowest BCUT2D eigenvalue weighted by Gasteiger charge is -1.99. The Balaban J connectivity index is 0.000000200. The summed E-state index contributed by atoms with van der Waals surface area (Å²) in [5.74, 6) is -1.31. The summed E-state index contributed by atoms with van der Waals surface area (Å²) in [7, 11) is 0. The maximum Gasteiger partial charge on any atom is 0.153 e. The van der Waals surface area contributed by atoms with E-state index in [-0.39, 0.29) is 11.8 Å². The van der Waals surface area contributed by atoms with Gasteiger partial charge in [0, 0.05) is 5.56 Å². The summed E-state index contributed by atoms with van der Waals surface area (Å²) < 4.78 is 24.6. The summed E-state index contributed by atoms with van der Waals surface area (Å²) in [6, 6.07) is 8.56. The van der Waals surface area contributed by atoms with Crippen molar-refractivity contribution in [1.29, 1.82) is 0 Å². The van der Waals surface area contributed by atoms with Crippen molar-refractivity contribution in [2.75, 3.05) is 0 Å². The van der Waals surface area contributed by atoms with Gasteiger partial charge in [-0.2, -0.15) is 0 Å². The van der Waals surface area contributed by atoms with Crippen molar-refractivity contribution < 1.29 is 18.4 Å². The van der Waals surface area contributed by atoms with E-state index in [9.17, 15) is 18.4 Å². The minimum absolute atomic E-state index is 0.250. The molecule has 0 aliphatic rings. The van der Waals surface area contributed by atoms with Crippen LogP contribution in [0.25, 0.3) is 0 Å². The number of aldehydes is 2. The summed E-state index contributed by atoms with van der Waals surface area (Å²) in [5, 5.41) is 0. The molecule has 0 fully saturated rings. The normalized spacial score (nSPS) is 9.40. The van der Waals surface area contributed by atoms with Gasteiger partial charge in [-0.05, 0) is 43.2 Å². The van der Waals surface area contributed by atoms with Crippen molar-refractivity contribution >= 4 is 12.6 Å². The van der Waals surface area contributed by atoms with Crippen LogP contribution in [0.1, 0.15) is 31.8 Å². The fraction of sp³-hybridized carbons (Fsp3) is 0.125. The van der Waals surface area contributed by atoms with Gasteiger partial charge in [0.25, 0.3) is 0 Å². The Morgan fingerprint density at radius 1 is 0.900 bits per heavy atom. The molecule has 0 bridgehead atoms. The molecule has 0 amide bonds. The zero-order valence-corrected chi connectivity index (χ0v) is 11.2. The average molecular weight is 276 g/mol. The zero-order valence-electron chi connectivity index (χ0n) is 11.2. The summed E-state index contributed by atoms with van der Waals surface area (Å²) >= 11 is 0. The van der Waals surface area contributed by atoms with Crippen LogP contribution in [0, 0.1) is 25.5 Å². The van der Waals surface area contributed by atoms with Crippen LogP contribution in [-0.2, 0) is 0 Å². The van der Waals surface area contributed by atoms with E-state index in [2.05, 4.69) is 0 Å². The molecule has 0 N–H and O–H groups in total. The Morgan fingerprint density at radius 2 is 1.50 bits per heavy atom. The molecule has 0 aromatic heterocycles. The number of rotatable bonds is 2. The van der Waals surface area contributed by atoms with E-state index < -0.39 is 11.6 Å². The first-order chi connectivity index (χ1) is 9.49. The molecule has 2 nitrogen and oxygen atoms in total. The fourth-order valence-electron chi connectivity index (χ4n) is 1.62. The minimum Gasteiger partial charge on any atom is -0.298 e. The monoisotopic (exact) mass is 276 g/mol. The van der Waals surface area contributed by atoms with Crippen LogP contribution in [-0.4, -0.2) is 12.6 Å². The van der Waals surface area contributed by atoms with Gasteiger partial charge in [0.1, 0.15) is 11.6 Å². The highest BCUT2D eigenvalue weighted by Crippen LogP contribution is 2.09. The molecule has 4 heteroatoms. The zero-order chi connectivity index (χ0) is 15.1. The fourth-order valence-corrected chi connectivity index (χ4v) is 1.62. The largest absolute Gasteiger partial charge is 0.298 e. The molecule has 0 saturated carbocycles. The Kier molecular flexibility index (Phi) is 5.72. The smallest absolute Gasteiger partial charge is 0.153 e. The van der Waals surface area contributed by atoms with E-state index in [0.717, 1.165) is 41.2 Å². The van der Waals surface area contributed by atoms with E-state index >= 15 is 0 Å². The average Bonchev–Trinajstić information content (AvgIpc) is 2.42. The second-order valence-electron chi connectivity index (χ2n) is 4.21. The highest BCUT2D eigenvalue weighted by atomic mass is 19.1. The lowest BCUT2D eigenvalue weighted by Crippen LogP contribution is -1.89. The predicted octanol–water partition coefficient (Wildman–Crippen LogP) is 3.89. The van der Waals surface area contributed by atoms with Crippen molar-refractivity contribution in [1.82, 2.24) is 0 Å². The quantitative estimate of drug-likeness (QED) is 0.780. The molecule has 0 atom stereocenters. The van der Waals surface area contributed by atoms with E-state index in [4.69, 9.17) is 0 Å². The van der Waals surface area contributed by atoms with E-state index in [0.29, 0.717) is 0 Å². The van der Waals surface area contributed by atoms with Gasteiger partial charge < -0.3 is 0 Å². The molecule has 0 unspecified atom stereocenters. The molecule has 0 heterocycles. The Bertz CT molecular complexity index is 602. The van der Waals surface area contributed by atoms with Crippen molar-refractivity contribution in [3.05, 3.63) is 70.3 Å². The number of benzene rings is 2. The SMILES string of the molecule is Cc1cccc(C)c1C=O.O=Cc1cc(F)ccc1F.